The molecule has 3 fully saturated rings. The summed E-state index contributed by atoms with van der Waals surface area (Å²) in [5.41, 5.74) is 0.502. The summed E-state index contributed by atoms with van der Waals surface area (Å²) < 4.78 is 6.55. The molecule has 90 valence electrons. The zero-order valence-electron chi connectivity index (χ0n) is 11.0. The van der Waals surface area contributed by atoms with Crippen molar-refractivity contribution in [3.05, 3.63) is 12.2 Å². The fourth-order valence-corrected chi connectivity index (χ4v) is 4.42. The van der Waals surface area contributed by atoms with Crippen LogP contribution in [0.3, 0.4) is 0 Å². The maximum atomic E-state index is 6.55. The summed E-state index contributed by atoms with van der Waals surface area (Å²) in [5, 5.41) is 0. The number of hydrogen-bond donors (Lipinski definition) is 0. The van der Waals surface area contributed by atoms with Crippen molar-refractivity contribution in [3.8, 4) is 0 Å². The van der Waals surface area contributed by atoms with Crippen molar-refractivity contribution in [3.63, 3.8) is 0 Å². The van der Waals surface area contributed by atoms with Crippen LogP contribution in [0.4, 0.5) is 0 Å². The minimum atomic E-state index is 0.0446. The van der Waals surface area contributed by atoms with Gasteiger partial charge < -0.3 is 4.74 Å². The van der Waals surface area contributed by atoms with Crippen LogP contribution >= 0.6 is 0 Å². The molecule has 2 bridgehead atoms. The standard InChI is InChI=1S/C15H24O/c1-11-6-5-8-15-9-7-12(10-14(11,15)4)13(2,3)16-15/h5,8,11-12H,6-7,9-10H2,1-4H3/t11-,12-,14+,15+/m1/s1. The third-order valence-corrected chi connectivity index (χ3v) is 5.89. The lowest BCUT2D eigenvalue weighted by Gasteiger charge is -2.66. The monoisotopic (exact) mass is 220 g/mol. The molecule has 2 saturated heterocycles. The van der Waals surface area contributed by atoms with E-state index in [9.17, 15) is 0 Å². The molecule has 4 aliphatic rings. The molecular formula is C15H24O. The summed E-state index contributed by atoms with van der Waals surface area (Å²) in [6.45, 7) is 9.43. The Morgan fingerprint density at radius 3 is 2.69 bits per heavy atom. The Hall–Kier alpha value is -0.300. The highest BCUT2D eigenvalue weighted by Gasteiger charge is 2.63. The van der Waals surface area contributed by atoms with Gasteiger partial charge in [0.05, 0.1) is 11.2 Å². The van der Waals surface area contributed by atoms with Gasteiger partial charge >= 0.3 is 0 Å². The van der Waals surface area contributed by atoms with Gasteiger partial charge in [-0.3, -0.25) is 0 Å². The van der Waals surface area contributed by atoms with Crippen LogP contribution < -0.4 is 0 Å². The lowest BCUT2D eigenvalue weighted by Crippen LogP contribution is -2.66. The van der Waals surface area contributed by atoms with Gasteiger partial charge in [-0.25, -0.2) is 0 Å². The number of ether oxygens (including phenoxy) is 1. The summed E-state index contributed by atoms with van der Waals surface area (Å²) >= 11 is 0. The van der Waals surface area contributed by atoms with Crippen molar-refractivity contribution in [2.45, 2.75) is 64.6 Å². The molecule has 2 aliphatic heterocycles. The van der Waals surface area contributed by atoms with Crippen molar-refractivity contribution in [1.29, 1.82) is 0 Å². The Labute approximate surface area is 99.3 Å². The van der Waals surface area contributed by atoms with Crippen molar-refractivity contribution in [1.82, 2.24) is 0 Å². The molecule has 0 aromatic carbocycles. The molecule has 0 radical (unpaired) electrons. The second kappa shape index (κ2) is 2.93. The quantitative estimate of drug-likeness (QED) is 0.562. The van der Waals surface area contributed by atoms with Gasteiger partial charge in [-0.15, -0.1) is 0 Å². The van der Waals surface area contributed by atoms with Crippen LogP contribution in [0, 0.1) is 17.3 Å². The van der Waals surface area contributed by atoms with Gasteiger partial charge in [-0.2, -0.15) is 0 Å². The molecule has 0 N–H and O–H groups in total. The summed E-state index contributed by atoms with van der Waals surface area (Å²) in [7, 11) is 0. The van der Waals surface area contributed by atoms with Crippen LogP contribution in [-0.2, 0) is 4.74 Å². The number of hydrogen-bond acceptors (Lipinski definition) is 1. The molecule has 1 saturated carbocycles. The smallest absolute Gasteiger partial charge is 0.0926 e. The summed E-state index contributed by atoms with van der Waals surface area (Å²) in [5.74, 6) is 1.52. The molecule has 0 aromatic rings. The molecule has 1 nitrogen and oxygen atoms in total. The molecule has 0 aromatic heterocycles. The number of rotatable bonds is 0. The van der Waals surface area contributed by atoms with Gasteiger partial charge in [0.25, 0.3) is 0 Å². The van der Waals surface area contributed by atoms with E-state index in [-0.39, 0.29) is 11.2 Å². The molecule has 1 spiro atoms. The zero-order chi connectivity index (χ0) is 11.6. The van der Waals surface area contributed by atoms with Gasteiger partial charge in [0.15, 0.2) is 0 Å². The molecule has 2 heterocycles. The van der Waals surface area contributed by atoms with Gasteiger partial charge in [0, 0.05) is 5.41 Å². The Morgan fingerprint density at radius 1 is 1.25 bits per heavy atom. The van der Waals surface area contributed by atoms with E-state index >= 15 is 0 Å². The molecule has 0 amide bonds. The van der Waals surface area contributed by atoms with E-state index in [2.05, 4.69) is 39.8 Å². The molecule has 16 heavy (non-hydrogen) atoms. The fourth-order valence-electron chi connectivity index (χ4n) is 4.42. The Bertz CT molecular complexity index is 343. The Morgan fingerprint density at radius 2 is 2.00 bits per heavy atom. The van der Waals surface area contributed by atoms with Crippen LogP contribution in [0.2, 0.25) is 0 Å². The minimum absolute atomic E-state index is 0.0446. The first-order valence-corrected chi connectivity index (χ1v) is 6.78. The van der Waals surface area contributed by atoms with Gasteiger partial charge in [-0.1, -0.05) is 26.0 Å². The first kappa shape index (κ1) is 10.8. The zero-order valence-corrected chi connectivity index (χ0v) is 11.0. The SMILES string of the molecule is C[C@@H]1CC=C[C@]23CC[C@H](C[C@@]12C)C(C)(C)O3. The van der Waals surface area contributed by atoms with Crippen molar-refractivity contribution >= 4 is 0 Å². The predicted molar refractivity (Wildman–Crippen MR) is 66.3 cm³/mol. The van der Waals surface area contributed by atoms with E-state index in [1.54, 1.807) is 0 Å². The van der Waals surface area contributed by atoms with Crippen LogP contribution in [0.5, 0.6) is 0 Å². The Balaban J connectivity index is 2.09. The van der Waals surface area contributed by atoms with Crippen molar-refractivity contribution < 1.29 is 4.74 Å². The largest absolute Gasteiger partial charge is 0.364 e. The first-order valence-electron chi connectivity index (χ1n) is 6.78. The van der Waals surface area contributed by atoms with E-state index in [1.165, 1.54) is 25.7 Å². The molecule has 4 rings (SSSR count). The van der Waals surface area contributed by atoms with E-state index < -0.39 is 0 Å². The van der Waals surface area contributed by atoms with E-state index in [1.807, 2.05) is 0 Å². The van der Waals surface area contributed by atoms with Crippen molar-refractivity contribution in [2.75, 3.05) is 0 Å². The summed E-state index contributed by atoms with van der Waals surface area (Å²) in [6, 6.07) is 0. The molecule has 0 unspecified atom stereocenters. The molecule has 2 aliphatic carbocycles. The number of fused-ring (bicyclic) bond motifs is 2. The van der Waals surface area contributed by atoms with E-state index in [0.717, 1.165) is 11.8 Å². The second-order valence-electron chi connectivity index (χ2n) is 6.99. The Kier molecular flexibility index (Phi) is 1.98. The maximum Gasteiger partial charge on any atom is 0.0926 e. The summed E-state index contributed by atoms with van der Waals surface area (Å²) in [6.07, 6.45) is 9.91. The van der Waals surface area contributed by atoms with Crippen LogP contribution in [-0.4, -0.2) is 11.2 Å². The lowest BCUT2D eigenvalue weighted by molar-refractivity contribution is -0.287. The van der Waals surface area contributed by atoms with Gasteiger partial charge in [0.1, 0.15) is 0 Å². The topological polar surface area (TPSA) is 9.23 Å². The van der Waals surface area contributed by atoms with Gasteiger partial charge in [0.2, 0.25) is 0 Å². The first-order chi connectivity index (χ1) is 7.40. The fraction of sp³-hybridized carbons (Fsp3) is 0.867. The highest BCUT2D eigenvalue weighted by atomic mass is 16.5. The minimum Gasteiger partial charge on any atom is -0.364 e. The average Bonchev–Trinajstić information content (AvgIpc) is 2.18. The molecule has 1 heteroatoms. The maximum absolute atomic E-state index is 6.55. The van der Waals surface area contributed by atoms with Gasteiger partial charge in [-0.05, 0) is 51.4 Å². The molecule has 4 atom stereocenters. The summed E-state index contributed by atoms with van der Waals surface area (Å²) in [4.78, 5) is 0. The molecular weight excluding hydrogens is 196 g/mol. The highest BCUT2D eigenvalue weighted by Crippen LogP contribution is 2.63. The number of allylic oxidation sites excluding steroid dienone is 1. The van der Waals surface area contributed by atoms with E-state index in [4.69, 9.17) is 4.74 Å². The van der Waals surface area contributed by atoms with Crippen LogP contribution in [0.15, 0.2) is 12.2 Å². The van der Waals surface area contributed by atoms with Crippen LogP contribution in [0.1, 0.15) is 53.4 Å². The third kappa shape index (κ3) is 1.11. The lowest BCUT2D eigenvalue weighted by atomic mass is 9.49. The average molecular weight is 220 g/mol. The van der Waals surface area contributed by atoms with E-state index in [0.29, 0.717) is 5.41 Å². The third-order valence-electron chi connectivity index (χ3n) is 5.89. The van der Waals surface area contributed by atoms with Crippen molar-refractivity contribution in [2.24, 2.45) is 17.3 Å². The normalized spacial score (nSPS) is 53.8. The predicted octanol–water partition coefficient (Wildman–Crippen LogP) is 3.94. The highest BCUT2D eigenvalue weighted by molar-refractivity contribution is 5.23. The second-order valence-corrected chi connectivity index (χ2v) is 6.99. The van der Waals surface area contributed by atoms with Crippen LogP contribution in [0.25, 0.3) is 0 Å².